The molecule has 3 aromatic rings. The van der Waals surface area contributed by atoms with E-state index < -0.39 is 5.91 Å². The van der Waals surface area contributed by atoms with E-state index in [1.807, 2.05) is 6.07 Å². The van der Waals surface area contributed by atoms with E-state index in [0.29, 0.717) is 28.3 Å². The number of aromatic hydroxyl groups is 1. The van der Waals surface area contributed by atoms with Crippen molar-refractivity contribution in [2.75, 3.05) is 19.0 Å². The summed E-state index contributed by atoms with van der Waals surface area (Å²) < 4.78 is 10.7. The van der Waals surface area contributed by atoms with E-state index in [0.717, 1.165) is 0 Å². The van der Waals surface area contributed by atoms with Gasteiger partial charge in [-0.1, -0.05) is 11.6 Å². The molecule has 172 valence electrons. The molecular weight excluding hydrogens is 460 g/mol. The number of methoxy groups -OCH3 is 1. The maximum Gasteiger partial charge on any atom is 0.271 e. The van der Waals surface area contributed by atoms with Gasteiger partial charge < -0.3 is 19.9 Å². The van der Waals surface area contributed by atoms with Crippen molar-refractivity contribution in [3.63, 3.8) is 0 Å². The van der Waals surface area contributed by atoms with Crippen LogP contribution in [0.2, 0.25) is 5.02 Å². The zero-order valence-corrected chi connectivity index (χ0v) is 18.7. The number of hydrogen-bond donors (Lipinski definition) is 3. The molecule has 3 N–H and O–H groups in total. The summed E-state index contributed by atoms with van der Waals surface area (Å²) >= 11 is 5.81. The molecule has 0 bridgehead atoms. The van der Waals surface area contributed by atoms with Crippen LogP contribution in [0, 0.1) is 11.3 Å². The van der Waals surface area contributed by atoms with Gasteiger partial charge in [-0.25, -0.2) is 5.43 Å². The first-order valence-corrected chi connectivity index (χ1v) is 10.2. The van der Waals surface area contributed by atoms with Crippen molar-refractivity contribution in [2.24, 2.45) is 5.10 Å². The first-order chi connectivity index (χ1) is 16.4. The van der Waals surface area contributed by atoms with Crippen molar-refractivity contribution < 1.29 is 24.2 Å². The van der Waals surface area contributed by atoms with Crippen LogP contribution in [0.15, 0.2) is 65.8 Å². The second-order valence-electron chi connectivity index (χ2n) is 6.80. The molecule has 0 aliphatic rings. The number of carbonyl (C=O) groups is 2. The van der Waals surface area contributed by atoms with Gasteiger partial charge in [0.25, 0.3) is 11.8 Å². The monoisotopic (exact) mass is 478 g/mol. The van der Waals surface area contributed by atoms with E-state index in [-0.39, 0.29) is 28.8 Å². The van der Waals surface area contributed by atoms with Crippen molar-refractivity contribution in [3.05, 3.63) is 82.4 Å². The highest BCUT2D eigenvalue weighted by Gasteiger charge is 2.09. The first kappa shape index (κ1) is 24.1. The van der Waals surface area contributed by atoms with Gasteiger partial charge in [-0.15, -0.1) is 0 Å². The number of amides is 2. The van der Waals surface area contributed by atoms with Crippen molar-refractivity contribution in [1.29, 1.82) is 5.26 Å². The van der Waals surface area contributed by atoms with Gasteiger partial charge in [0, 0.05) is 22.9 Å². The van der Waals surface area contributed by atoms with Gasteiger partial charge in [0.1, 0.15) is 17.2 Å². The Hall–Kier alpha value is -4.55. The summed E-state index contributed by atoms with van der Waals surface area (Å²) in [6.45, 7) is -0.218. The van der Waals surface area contributed by atoms with Crippen LogP contribution in [0.3, 0.4) is 0 Å². The van der Waals surface area contributed by atoms with E-state index in [4.69, 9.17) is 26.3 Å². The maximum atomic E-state index is 12.2. The fraction of sp³-hybridized carbons (Fsp3) is 0.0833. The third kappa shape index (κ3) is 6.48. The molecule has 0 heterocycles. The number of phenols is 1. The van der Waals surface area contributed by atoms with Gasteiger partial charge in [0.2, 0.25) is 0 Å². The summed E-state index contributed by atoms with van der Waals surface area (Å²) in [5.74, 6) is -0.137. The molecule has 34 heavy (non-hydrogen) atoms. The molecule has 0 saturated heterocycles. The number of hydrazone groups is 1. The number of nitriles is 1. The van der Waals surface area contributed by atoms with Gasteiger partial charge in [0.15, 0.2) is 6.61 Å². The maximum absolute atomic E-state index is 12.2. The lowest BCUT2D eigenvalue weighted by Gasteiger charge is -2.10. The van der Waals surface area contributed by atoms with E-state index >= 15 is 0 Å². The van der Waals surface area contributed by atoms with Crippen LogP contribution < -0.4 is 20.2 Å². The van der Waals surface area contributed by atoms with Gasteiger partial charge in [-0.2, -0.15) is 10.4 Å². The summed E-state index contributed by atoms with van der Waals surface area (Å²) in [5.41, 5.74) is 4.12. The van der Waals surface area contributed by atoms with Crippen LogP contribution in [0.25, 0.3) is 0 Å². The molecule has 0 aromatic heterocycles. The van der Waals surface area contributed by atoms with Gasteiger partial charge in [-0.05, 0) is 54.6 Å². The van der Waals surface area contributed by atoms with Crippen LogP contribution in [0.5, 0.6) is 17.2 Å². The Labute approximate surface area is 200 Å². The molecule has 3 aromatic carbocycles. The standard InChI is InChI=1S/C24H19ClN4O5/c1-33-22-11-18(28-23(31)14-34-19-7-2-15(12-26)3-8-19)6-4-17(22)13-27-29-24(32)16-5-9-21(30)20(25)10-16/h2-11,13,30H,14H2,1H3,(H,28,31)(H,29,32). The molecule has 0 spiro atoms. The van der Waals surface area contributed by atoms with Crippen LogP contribution in [0.4, 0.5) is 5.69 Å². The predicted molar refractivity (Wildman–Crippen MR) is 126 cm³/mol. The van der Waals surface area contributed by atoms with E-state index in [2.05, 4.69) is 15.8 Å². The minimum absolute atomic E-state index is 0.0539. The second kappa shape index (κ2) is 11.4. The molecule has 0 saturated carbocycles. The molecule has 0 fully saturated rings. The highest BCUT2D eigenvalue weighted by Crippen LogP contribution is 2.24. The second-order valence-corrected chi connectivity index (χ2v) is 7.20. The first-order valence-electron chi connectivity index (χ1n) is 9.82. The molecule has 0 aliphatic heterocycles. The predicted octanol–water partition coefficient (Wildman–Crippen LogP) is 3.71. The molecule has 0 unspecified atom stereocenters. The largest absolute Gasteiger partial charge is 0.506 e. The summed E-state index contributed by atoms with van der Waals surface area (Å²) in [4.78, 5) is 24.3. The van der Waals surface area contributed by atoms with Crippen LogP contribution >= 0.6 is 11.6 Å². The molecule has 3 rings (SSSR count). The summed E-state index contributed by atoms with van der Waals surface area (Å²) in [7, 11) is 1.46. The molecule has 10 heteroatoms. The Morgan fingerprint density at radius 2 is 1.91 bits per heavy atom. The molecule has 9 nitrogen and oxygen atoms in total. The Balaban J connectivity index is 1.57. The number of ether oxygens (including phenoxy) is 2. The number of carbonyl (C=O) groups excluding carboxylic acids is 2. The number of benzene rings is 3. The van der Waals surface area contributed by atoms with Gasteiger partial charge in [-0.3, -0.25) is 9.59 Å². The number of nitrogens with zero attached hydrogens (tertiary/aromatic N) is 2. The normalized spacial score (nSPS) is 10.4. The van der Waals surface area contributed by atoms with E-state index in [9.17, 15) is 14.7 Å². The zero-order chi connectivity index (χ0) is 24.5. The average Bonchev–Trinajstić information content (AvgIpc) is 2.85. The number of hydrogen-bond acceptors (Lipinski definition) is 7. The number of halogens is 1. The number of rotatable bonds is 8. The zero-order valence-electron chi connectivity index (χ0n) is 17.9. The minimum atomic E-state index is -0.511. The lowest BCUT2D eigenvalue weighted by molar-refractivity contribution is -0.118. The smallest absolute Gasteiger partial charge is 0.271 e. The molecule has 2 amide bonds. The lowest BCUT2D eigenvalue weighted by atomic mass is 10.2. The third-order valence-electron chi connectivity index (χ3n) is 4.45. The van der Waals surface area contributed by atoms with E-state index in [1.165, 1.54) is 31.5 Å². The topological polar surface area (TPSA) is 133 Å². The Bertz CT molecular complexity index is 1270. The molecule has 0 radical (unpaired) electrons. The van der Waals surface area contributed by atoms with Crippen molar-refractivity contribution in [2.45, 2.75) is 0 Å². The SMILES string of the molecule is COc1cc(NC(=O)COc2ccc(C#N)cc2)ccc1C=NNC(=O)c1ccc(O)c(Cl)c1. The van der Waals surface area contributed by atoms with Crippen molar-refractivity contribution in [3.8, 4) is 23.3 Å². The lowest BCUT2D eigenvalue weighted by Crippen LogP contribution is -2.20. The van der Waals surface area contributed by atoms with Crippen molar-refractivity contribution >= 4 is 35.3 Å². The Morgan fingerprint density at radius 3 is 2.59 bits per heavy atom. The minimum Gasteiger partial charge on any atom is -0.506 e. The van der Waals surface area contributed by atoms with Crippen molar-refractivity contribution in [1.82, 2.24) is 5.43 Å². The average molecular weight is 479 g/mol. The highest BCUT2D eigenvalue weighted by atomic mass is 35.5. The third-order valence-corrected chi connectivity index (χ3v) is 4.75. The van der Waals surface area contributed by atoms with Crippen LogP contribution in [-0.4, -0.2) is 36.9 Å². The Kier molecular flexibility index (Phi) is 8.05. The molecule has 0 aliphatic carbocycles. The number of phenolic OH excluding ortho intramolecular Hbond substituents is 1. The van der Waals surface area contributed by atoms with E-state index in [1.54, 1.807) is 42.5 Å². The number of nitrogens with one attached hydrogen (secondary N) is 2. The molecule has 0 atom stereocenters. The highest BCUT2D eigenvalue weighted by molar-refractivity contribution is 6.32. The van der Waals surface area contributed by atoms with Gasteiger partial charge in [0.05, 0.1) is 30.0 Å². The van der Waals surface area contributed by atoms with Crippen LogP contribution in [0.1, 0.15) is 21.5 Å². The van der Waals surface area contributed by atoms with Gasteiger partial charge >= 0.3 is 0 Å². The quantitative estimate of drug-likeness (QED) is 0.334. The summed E-state index contributed by atoms with van der Waals surface area (Å²) in [6, 6.07) is 17.4. The number of anilines is 1. The fourth-order valence-electron chi connectivity index (χ4n) is 2.74. The fourth-order valence-corrected chi connectivity index (χ4v) is 2.92. The Morgan fingerprint density at radius 1 is 1.15 bits per heavy atom. The van der Waals surface area contributed by atoms with Crippen LogP contribution in [-0.2, 0) is 4.79 Å². The molecular formula is C24H19ClN4O5. The summed E-state index contributed by atoms with van der Waals surface area (Å²) in [6.07, 6.45) is 1.39. The summed E-state index contributed by atoms with van der Waals surface area (Å²) in [5, 5.41) is 24.9.